The van der Waals surface area contributed by atoms with Crippen LogP contribution in [-0.4, -0.2) is 36.4 Å². The molecule has 1 saturated heterocycles. The number of epoxide rings is 1. The van der Waals surface area contributed by atoms with E-state index in [-0.39, 0.29) is 18.4 Å². The maximum Gasteiger partial charge on any atom is 0.255 e. The van der Waals surface area contributed by atoms with E-state index in [1.807, 2.05) is 0 Å². The molecule has 1 rings (SSSR count). The number of hydrogen-bond donors (Lipinski definition) is 2. The molecule has 0 spiro atoms. The first-order valence-electron chi connectivity index (χ1n) is 10.2. The topological polar surface area (TPSA) is 61.9 Å². The lowest BCUT2D eigenvalue weighted by Crippen LogP contribution is -2.43. The summed E-state index contributed by atoms with van der Waals surface area (Å²) in [6.45, 7) is 5.20. The Morgan fingerprint density at radius 1 is 1.04 bits per heavy atom. The van der Waals surface area contributed by atoms with Crippen LogP contribution in [0.15, 0.2) is 0 Å². The lowest BCUT2D eigenvalue weighted by atomic mass is 9.88. The molecule has 0 radical (unpaired) electrons. The number of carbonyl (C=O) groups is 1. The number of aliphatic hydroxyl groups is 1. The van der Waals surface area contributed by atoms with Crippen LogP contribution in [0.4, 0.5) is 0 Å². The second-order valence-electron chi connectivity index (χ2n) is 7.38. The molecule has 142 valence electrons. The summed E-state index contributed by atoms with van der Waals surface area (Å²) in [5, 5.41) is 11.5. The van der Waals surface area contributed by atoms with Crippen LogP contribution in [0.5, 0.6) is 0 Å². The van der Waals surface area contributed by atoms with E-state index in [4.69, 9.17) is 9.84 Å². The molecule has 0 saturated carbocycles. The first-order valence-corrected chi connectivity index (χ1v) is 10.2. The summed E-state index contributed by atoms with van der Waals surface area (Å²) >= 11 is 0. The van der Waals surface area contributed by atoms with Crippen molar-refractivity contribution in [3.05, 3.63) is 0 Å². The number of ether oxygens (including phenoxy) is 1. The molecule has 1 amide bonds. The smallest absolute Gasteiger partial charge is 0.255 e. The van der Waals surface area contributed by atoms with Gasteiger partial charge in [-0.3, -0.25) is 4.79 Å². The standard InChI is InChI=1S/C20H39NO3/c1-3-4-5-6-7-8-9-10-11-12-13-14-18(2)20(17-24-20)19(23)21-15-16-22/h18,22H,3-17H2,1-2H3,(H,21,23). The quantitative estimate of drug-likeness (QED) is 0.327. The third-order valence-electron chi connectivity index (χ3n) is 5.27. The van der Waals surface area contributed by atoms with E-state index in [1.165, 1.54) is 70.6 Å². The number of carbonyl (C=O) groups excluding carboxylic acids is 1. The lowest BCUT2D eigenvalue weighted by Gasteiger charge is -2.19. The Labute approximate surface area is 148 Å². The summed E-state index contributed by atoms with van der Waals surface area (Å²) in [6.07, 6.45) is 15.8. The first-order chi connectivity index (χ1) is 11.7. The molecular formula is C20H39NO3. The molecule has 1 aliphatic rings. The average molecular weight is 342 g/mol. The van der Waals surface area contributed by atoms with Crippen LogP contribution in [0.3, 0.4) is 0 Å². The van der Waals surface area contributed by atoms with E-state index in [2.05, 4.69) is 19.2 Å². The van der Waals surface area contributed by atoms with Gasteiger partial charge < -0.3 is 15.2 Å². The van der Waals surface area contributed by atoms with Gasteiger partial charge in [0, 0.05) is 6.54 Å². The number of amides is 1. The van der Waals surface area contributed by atoms with Crippen molar-refractivity contribution in [1.82, 2.24) is 5.32 Å². The second-order valence-corrected chi connectivity index (χ2v) is 7.38. The van der Waals surface area contributed by atoms with Crippen LogP contribution in [0, 0.1) is 5.92 Å². The molecule has 0 aromatic heterocycles. The Bertz CT molecular complexity index is 329. The van der Waals surface area contributed by atoms with Crippen molar-refractivity contribution in [2.75, 3.05) is 19.8 Å². The van der Waals surface area contributed by atoms with E-state index in [0.717, 1.165) is 6.42 Å². The molecule has 1 fully saturated rings. The molecule has 0 aromatic carbocycles. The fourth-order valence-electron chi connectivity index (χ4n) is 3.38. The summed E-state index contributed by atoms with van der Waals surface area (Å²) < 4.78 is 5.47. The zero-order valence-corrected chi connectivity index (χ0v) is 15.9. The SMILES string of the molecule is CCCCCCCCCCCCCC(C)C1(C(=O)NCCO)CO1. The van der Waals surface area contributed by atoms with Crippen molar-refractivity contribution >= 4 is 5.91 Å². The van der Waals surface area contributed by atoms with E-state index in [1.54, 1.807) is 0 Å². The third-order valence-corrected chi connectivity index (χ3v) is 5.27. The van der Waals surface area contributed by atoms with Crippen LogP contribution in [0.2, 0.25) is 0 Å². The Morgan fingerprint density at radius 3 is 2.00 bits per heavy atom. The molecule has 1 heterocycles. The molecular weight excluding hydrogens is 302 g/mol. The van der Waals surface area contributed by atoms with Crippen molar-refractivity contribution in [2.45, 2.75) is 96.5 Å². The Morgan fingerprint density at radius 2 is 1.54 bits per heavy atom. The zero-order chi connectivity index (χ0) is 17.7. The van der Waals surface area contributed by atoms with Gasteiger partial charge >= 0.3 is 0 Å². The van der Waals surface area contributed by atoms with Crippen molar-refractivity contribution in [3.8, 4) is 0 Å². The highest BCUT2D eigenvalue weighted by molar-refractivity contribution is 5.88. The highest BCUT2D eigenvalue weighted by Crippen LogP contribution is 2.38. The van der Waals surface area contributed by atoms with Crippen LogP contribution in [-0.2, 0) is 9.53 Å². The van der Waals surface area contributed by atoms with E-state index in [0.29, 0.717) is 13.2 Å². The molecule has 0 aromatic rings. The maximum atomic E-state index is 12.1. The molecule has 2 atom stereocenters. The van der Waals surface area contributed by atoms with Crippen molar-refractivity contribution < 1.29 is 14.6 Å². The first kappa shape index (κ1) is 21.4. The van der Waals surface area contributed by atoms with Gasteiger partial charge in [0.05, 0.1) is 13.2 Å². The van der Waals surface area contributed by atoms with Gasteiger partial charge in [0.2, 0.25) is 0 Å². The van der Waals surface area contributed by atoms with Gasteiger partial charge in [-0.2, -0.15) is 0 Å². The molecule has 4 heteroatoms. The normalized spacial score (nSPS) is 20.8. The minimum atomic E-state index is -0.604. The van der Waals surface area contributed by atoms with E-state index < -0.39 is 5.60 Å². The van der Waals surface area contributed by atoms with Gasteiger partial charge in [0.15, 0.2) is 5.60 Å². The minimum absolute atomic E-state index is 0.0190. The lowest BCUT2D eigenvalue weighted by molar-refractivity contribution is -0.128. The molecule has 2 N–H and O–H groups in total. The Balaban J connectivity index is 1.96. The number of hydrogen-bond acceptors (Lipinski definition) is 3. The monoisotopic (exact) mass is 341 g/mol. The molecule has 2 unspecified atom stereocenters. The van der Waals surface area contributed by atoms with Crippen molar-refractivity contribution in [3.63, 3.8) is 0 Å². The summed E-state index contributed by atoms with van der Waals surface area (Å²) in [5.41, 5.74) is -0.604. The van der Waals surface area contributed by atoms with Gasteiger partial charge in [-0.1, -0.05) is 84.5 Å². The predicted octanol–water partition coefficient (Wildman–Crippen LogP) is 4.20. The molecule has 1 aliphatic heterocycles. The highest BCUT2D eigenvalue weighted by Gasteiger charge is 2.55. The van der Waals surface area contributed by atoms with Gasteiger partial charge in [-0.25, -0.2) is 0 Å². The minimum Gasteiger partial charge on any atom is -0.395 e. The number of unbranched alkanes of at least 4 members (excludes halogenated alkanes) is 10. The maximum absolute atomic E-state index is 12.1. The molecule has 0 aliphatic carbocycles. The number of aliphatic hydroxyl groups excluding tert-OH is 1. The second kappa shape index (κ2) is 12.7. The van der Waals surface area contributed by atoms with E-state index in [9.17, 15) is 4.79 Å². The third kappa shape index (κ3) is 7.98. The van der Waals surface area contributed by atoms with Crippen molar-refractivity contribution in [1.29, 1.82) is 0 Å². The fraction of sp³-hybridized carbons (Fsp3) is 0.950. The largest absolute Gasteiger partial charge is 0.395 e. The summed E-state index contributed by atoms with van der Waals surface area (Å²) in [7, 11) is 0. The Kier molecular flexibility index (Phi) is 11.4. The predicted molar refractivity (Wildman–Crippen MR) is 99.0 cm³/mol. The summed E-state index contributed by atoms with van der Waals surface area (Å²) in [6, 6.07) is 0. The van der Waals surface area contributed by atoms with Gasteiger partial charge in [0.1, 0.15) is 0 Å². The number of rotatable bonds is 16. The zero-order valence-electron chi connectivity index (χ0n) is 15.9. The summed E-state index contributed by atoms with van der Waals surface area (Å²) in [5.74, 6) is 0.210. The van der Waals surface area contributed by atoms with Crippen molar-refractivity contribution in [2.24, 2.45) is 5.92 Å². The van der Waals surface area contributed by atoms with Gasteiger partial charge in [-0.05, 0) is 12.3 Å². The van der Waals surface area contributed by atoms with Gasteiger partial charge in [-0.15, -0.1) is 0 Å². The molecule has 0 bridgehead atoms. The highest BCUT2D eigenvalue weighted by atomic mass is 16.6. The fourth-order valence-corrected chi connectivity index (χ4v) is 3.38. The molecule has 24 heavy (non-hydrogen) atoms. The van der Waals surface area contributed by atoms with Crippen LogP contribution >= 0.6 is 0 Å². The van der Waals surface area contributed by atoms with E-state index >= 15 is 0 Å². The van der Waals surface area contributed by atoms with Crippen LogP contribution in [0.25, 0.3) is 0 Å². The average Bonchev–Trinajstić information content (AvgIpc) is 3.39. The van der Waals surface area contributed by atoms with Crippen LogP contribution in [0.1, 0.15) is 90.9 Å². The van der Waals surface area contributed by atoms with Crippen LogP contribution < -0.4 is 5.32 Å². The van der Waals surface area contributed by atoms with Gasteiger partial charge in [0.25, 0.3) is 5.91 Å². The number of nitrogens with one attached hydrogen (secondary N) is 1. The summed E-state index contributed by atoms with van der Waals surface area (Å²) in [4.78, 5) is 12.1. The Hall–Kier alpha value is -0.610. The molecule has 4 nitrogen and oxygen atoms in total.